The van der Waals surface area contributed by atoms with Crippen molar-refractivity contribution in [1.82, 2.24) is 9.13 Å². The lowest BCUT2D eigenvalue weighted by Gasteiger charge is -2.10. The molecule has 1 heterocycles. The van der Waals surface area contributed by atoms with E-state index < -0.39 is 0 Å². The third-order valence-electron chi connectivity index (χ3n) is 4.07. The second-order valence-corrected chi connectivity index (χ2v) is 6.12. The van der Waals surface area contributed by atoms with Crippen LogP contribution in [0.2, 0.25) is 0 Å². The van der Waals surface area contributed by atoms with Gasteiger partial charge in [-0.1, -0.05) is 59.7 Å². The van der Waals surface area contributed by atoms with Gasteiger partial charge >= 0.3 is 5.69 Å². The standard InChI is InChI=1S/C20H20N2O2/c1-15-3-7-17(8-4-15)13-21-12-11-19(23)22(20(21)24)14-18-9-5-16(2)6-10-18/h3-12H,13-14H2,1-2H3. The Morgan fingerprint density at radius 3 is 1.75 bits per heavy atom. The first-order valence-corrected chi connectivity index (χ1v) is 7.94. The molecule has 3 rings (SSSR count). The number of hydrogen-bond acceptors (Lipinski definition) is 2. The fourth-order valence-electron chi connectivity index (χ4n) is 2.59. The summed E-state index contributed by atoms with van der Waals surface area (Å²) in [4.78, 5) is 24.8. The molecule has 0 unspecified atom stereocenters. The van der Waals surface area contributed by atoms with Crippen LogP contribution in [0, 0.1) is 13.8 Å². The number of aromatic nitrogens is 2. The van der Waals surface area contributed by atoms with Crippen molar-refractivity contribution in [3.63, 3.8) is 0 Å². The van der Waals surface area contributed by atoms with Gasteiger partial charge in [0.2, 0.25) is 0 Å². The summed E-state index contributed by atoms with van der Waals surface area (Å²) in [5.74, 6) is 0. The summed E-state index contributed by atoms with van der Waals surface area (Å²) < 4.78 is 2.85. The molecule has 0 aliphatic rings. The van der Waals surface area contributed by atoms with Crippen molar-refractivity contribution in [1.29, 1.82) is 0 Å². The third-order valence-corrected chi connectivity index (χ3v) is 4.07. The Bertz CT molecular complexity index is 949. The first-order valence-electron chi connectivity index (χ1n) is 7.94. The molecule has 0 N–H and O–H groups in total. The number of hydrogen-bond donors (Lipinski definition) is 0. The molecule has 0 fully saturated rings. The maximum atomic E-state index is 12.7. The number of benzene rings is 2. The number of rotatable bonds is 4. The van der Waals surface area contributed by atoms with Crippen LogP contribution < -0.4 is 11.2 Å². The minimum absolute atomic E-state index is 0.277. The van der Waals surface area contributed by atoms with Crippen molar-refractivity contribution in [3.05, 3.63) is 104 Å². The minimum Gasteiger partial charge on any atom is -0.296 e. The highest BCUT2D eigenvalue weighted by Crippen LogP contribution is 2.05. The highest BCUT2D eigenvalue weighted by atomic mass is 16.2. The molecule has 3 aromatic rings. The molecule has 2 aromatic carbocycles. The van der Waals surface area contributed by atoms with Gasteiger partial charge in [-0.25, -0.2) is 4.79 Å². The molecule has 0 saturated heterocycles. The molecule has 122 valence electrons. The Balaban J connectivity index is 1.92. The van der Waals surface area contributed by atoms with Crippen molar-refractivity contribution in [2.75, 3.05) is 0 Å². The van der Waals surface area contributed by atoms with Gasteiger partial charge in [0.15, 0.2) is 0 Å². The van der Waals surface area contributed by atoms with Crippen molar-refractivity contribution in [2.24, 2.45) is 0 Å². The molecule has 0 aliphatic heterocycles. The van der Waals surface area contributed by atoms with Gasteiger partial charge in [0.25, 0.3) is 5.56 Å². The summed E-state index contributed by atoms with van der Waals surface area (Å²) in [7, 11) is 0. The zero-order valence-electron chi connectivity index (χ0n) is 13.9. The van der Waals surface area contributed by atoms with Crippen LogP contribution in [0.4, 0.5) is 0 Å². The fraction of sp³-hybridized carbons (Fsp3) is 0.200. The van der Waals surface area contributed by atoms with E-state index in [1.54, 1.807) is 10.8 Å². The summed E-state index contributed by atoms with van der Waals surface area (Å²) in [6.07, 6.45) is 1.57. The molecule has 4 nitrogen and oxygen atoms in total. The molecule has 24 heavy (non-hydrogen) atoms. The Kier molecular flexibility index (Phi) is 4.47. The van der Waals surface area contributed by atoms with Crippen LogP contribution in [0.25, 0.3) is 0 Å². The molecule has 4 heteroatoms. The quantitative estimate of drug-likeness (QED) is 0.742. The summed E-state index contributed by atoms with van der Waals surface area (Å²) in [5.41, 5.74) is 3.73. The van der Waals surface area contributed by atoms with Crippen LogP contribution in [-0.2, 0) is 13.1 Å². The Morgan fingerprint density at radius 1 is 0.708 bits per heavy atom. The zero-order chi connectivity index (χ0) is 17.1. The van der Waals surface area contributed by atoms with Crippen molar-refractivity contribution in [2.45, 2.75) is 26.9 Å². The van der Waals surface area contributed by atoms with E-state index in [-0.39, 0.29) is 17.8 Å². The maximum absolute atomic E-state index is 12.7. The normalized spacial score (nSPS) is 10.8. The summed E-state index contributed by atoms with van der Waals surface area (Å²) >= 11 is 0. The van der Waals surface area contributed by atoms with E-state index in [0.717, 1.165) is 16.7 Å². The Hall–Kier alpha value is -2.88. The van der Waals surface area contributed by atoms with Crippen molar-refractivity contribution >= 4 is 0 Å². The van der Waals surface area contributed by atoms with Crippen LogP contribution >= 0.6 is 0 Å². The minimum atomic E-state index is -0.288. The smallest absolute Gasteiger partial charge is 0.296 e. The van der Waals surface area contributed by atoms with Gasteiger partial charge < -0.3 is 0 Å². The van der Waals surface area contributed by atoms with Gasteiger partial charge in [0, 0.05) is 12.3 Å². The average Bonchev–Trinajstić information content (AvgIpc) is 2.58. The van der Waals surface area contributed by atoms with E-state index in [4.69, 9.17) is 0 Å². The third kappa shape index (κ3) is 3.54. The Labute approximate surface area is 140 Å². The first kappa shape index (κ1) is 16.0. The molecule has 0 spiro atoms. The van der Waals surface area contributed by atoms with E-state index in [2.05, 4.69) is 0 Å². The molecular weight excluding hydrogens is 300 g/mol. The molecule has 0 saturated carbocycles. The highest BCUT2D eigenvalue weighted by molar-refractivity contribution is 5.22. The first-order chi connectivity index (χ1) is 11.5. The number of nitrogens with zero attached hydrogens (tertiary/aromatic N) is 2. The van der Waals surface area contributed by atoms with Gasteiger partial charge in [-0.15, -0.1) is 0 Å². The zero-order valence-corrected chi connectivity index (χ0v) is 13.9. The largest absolute Gasteiger partial charge is 0.331 e. The lowest BCUT2D eigenvalue weighted by molar-refractivity contribution is 0.612. The van der Waals surface area contributed by atoms with Crippen LogP contribution in [-0.4, -0.2) is 9.13 Å². The summed E-state index contributed by atoms with van der Waals surface area (Å²) in [5, 5.41) is 0. The van der Waals surface area contributed by atoms with Gasteiger partial charge in [0.05, 0.1) is 13.1 Å². The molecule has 0 amide bonds. The SMILES string of the molecule is Cc1ccc(Cn2ccc(=O)n(Cc3ccc(C)cc3)c2=O)cc1. The molecule has 0 aliphatic carbocycles. The van der Waals surface area contributed by atoms with E-state index in [1.807, 2.05) is 62.4 Å². The predicted octanol–water partition coefficient (Wildman–Crippen LogP) is 2.72. The Morgan fingerprint density at radius 2 is 1.21 bits per heavy atom. The highest BCUT2D eigenvalue weighted by Gasteiger charge is 2.07. The predicted molar refractivity (Wildman–Crippen MR) is 95.5 cm³/mol. The second-order valence-electron chi connectivity index (χ2n) is 6.12. The van der Waals surface area contributed by atoms with E-state index in [9.17, 15) is 9.59 Å². The van der Waals surface area contributed by atoms with Gasteiger partial charge in [-0.3, -0.25) is 13.9 Å². The van der Waals surface area contributed by atoms with Crippen LogP contribution in [0.1, 0.15) is 22.3 Å². The van der Waals surface area contributed by atoms with Gasteiger partial charge in [-0.05, 0) is 25.0 Å². The van der Waals surface area contributed by atoms with E-state index >= 15 is 0 Å². The van der Waals surface area contributed by atoms with Crippen molar-refractivity contribution in [3.8, 4) is 0 Å². The lowest BCUT2D eigenvalue weighted by atomic mass is 10.1. The van der Waals surface area contributed by atoms with E-state index in [0.29, 0.717) is 6.54 Å². The second kappa shape index (κ2) is 6.71. The van der Waals surface area contributed by atoms with Crippen LogP contribution in [0.3, 0.4) is 0 Å². The molecule has 1 aromatic heterocycles. The fourth-order valence-corrected chi connectivity index (χ4v) is 2.59. The van der Waals surface area contributed by atoms with Crippen molar-refractivity contribution < 1.29 is 0 Å². The van der Waals surface area contributed by atoms with Gasteiger partial charge in [0.1, 0.15) is 0 Å². The average molecular weight is 320 g/mol. The van der Waals surface area contributed by atoms with Gasteiger partial charge in [-0.2, -0.15) is 0 Å². The van der Waals surface area contributed by atoms with Crippen LogP contribution in [0.15, 0.2) is 70.4 Å². The topological polar surface area (TPSA) is 44.0 Å². The molecular formula is C20H20N2O2. The molecule has 0 atom stereocenters. The maximum Gasteiger partial charge on any atom is 0.331 e. The summed E-state index contributed by atoms with van der Waals surface area (Å²) in [6, 6.07) is 17.3. The molecule has 0 bridgehead atoms. The monoisotopic (exact) mass is 320 g/mol. The van der Waals surface area contributed by atoms with E-state index in [1.165, 1.54) is 16.2 Å². The number of aryl methyl sites for hydroxylation is 2. The molecule has 0 radical (unpaired) electrons. The lowest BCUT2D eigenvalue weighted by Crippen LogP contribution is -2.39. The van der Waals surface area contributed by atoms with Crippen LogP contribution in [0.5, 0.6) is 0 Å². The summed E-state index contributed by atoms with van der Waals surface area (Å²) in [6.45, 7) is 4.77.